The van der Waals surface area contributed by atoms with Gasteiger partial charge in [-0.3, -0.25) is 15.6 Å². The third kappa shape index (κ3) is 5.19. The fourth-order valence-corrected chi connectivity index (χ4v) is 0.186. The van der Waals surface area contributed by atoms with Gasteiger partial charge >= 0.3 is 0 Å². The lowest BCUT2D eigenvalue weighted by molar-refractivity contribution is 0.0727. The van der Waals surface area contributed by atoms with Crippen LogP contribution in [0.5, 0.6) is 0 Å². The summed E-state index contributed by atoms with van der Waals surface area (Å²) in [6, 6.07) is 0. The van der Waals surface area contributed by atoms with Gasteiger partial charge in [-0.2, -0.15) is 0 Å². The summed E-state index contributed by atoms with van der Waals surface area (Å²) in [6.07, 6.45) is 0. The van der Waals surface area contributed by atoms with Crippen LogP contribution < -0.4 is 16.5 Å². The van der Waals surface area contributed by atoms with Gasteiger partial charge in [-0.25, -0.2) is 5.48 Å². The van der Waals surface area contributed by atoms with Crippen LogP contribution in [0.15, 0.2) is 0 Å². The lowest BCUT2D eigenvalue weighted by Gasteiger charge is -2.01. The molecule has 0 aliphatic heterocycles. The van der Waals surface area contributed by atoms with E-state index < -0.39 is 0 Å². The van der Waals surface area contributed by atoms with Crippen molar-refractivity contribution in [3.63, 3.8) is 0 Å². The van der Waals surface area contributed by atoms with Crippen LogP contribution >= 0.6 is 0 Å². The highest BCUT2D eigenvalue weighted by Gasteiger charge is 1.81. The van der Waals surface area contributed by atoms with E-state index in [0.29, 0.717) is 6.73 Å². The Kier molecular flexibility index (Phi) is 3.91. The molecule has 0 fully saturated rings. The van der Waals surface area contributed by atoms with Crippen LogP contribution in [0.1, 0.15) is 0 Å². The van der Waals surface area contributed by atoms with Gasteiger partial charge in [-0.1, -0.05) is 0 Å². The van der Waals surface area contributed by atoms with Crippen molar-refractivity contribution in [2.45, 2.75) is 0 Å². The Labute approximate surface area is 47.7 Å². The van der Waals surface area contributed by atoms with Gasteiger partial charge in [0.15, 0.2) is 0 Å². The highest BCUT2D eigenvalue weighted by atomic mass is 16.7. The topological polar surface area (TPSA) is 83.2 Å². The first-order valence-electron chi connectivity index (χ1n) is 2.14. The smallest absolute Gasteiger partial charge is 0.210 e. The van der Waals surface area contributed by atoms with Gasteiger partial charge in [-0.15, -0.1) is 0 Å². The van der Waals surface area contributed by atoms with Crippen molar-refractivity contribution in [1.82, 2.24) is 10.8 Å². The molecular weight excluding hydrogens is 108 g/mol. The van der Waals surface area contributed by atoms with Gasteiger partial charge in [-0.05, 0) is 7.05 Å². The number of rotatable bonds is 3. The molecule has 8 heavy (non-hydrogen) atoms. The monoisotopic (exact) mass is 118 g/mol. The fraction of sp³-hybridized carbons (Fsp3) is 0.667. The molecule has 5 heteroatoms. The van der Waals surface area contributed by atoms with Crippen LogP contribution in [0.25, 0.3) is 0 Å². The molecule has 0 aromatic heterocycles. The Hall–Kier alpha value is -0.810. The maximum atomic E-state index is 6.59. The minimum Gasteiger partial charge on any atom is -0.368 e. The van der Waals surface area contributed by atoms with Gasteiger partial charge in [0, 0.05) is 0 Å². The Bertz CT molecular complexity index is 73.7. The Morgan fingerprint density at radius 3 is 2.88 bits per heavy atom. The molecule has 0 unspecified atom stereocenters. The molecule has 0 saturated heterocycles. The third-order valence-electron chi connectivity index (χ3n) is 0.399. The van der Waals surface area contributed by atoms with E-state index >= 15 is 0 Å². The molecule has 0 aliphatic carbocycles. The lowest BCUT2D eigenvalue weighted by Crippen LogP contribution is -2.32. The molecule has 0 radical (unpaired) electrons. The van der Waals surface area contributed by atoms with E-state index in [4.69, 9.17) is 11.1 Å². The molecule has 0 amide bonds. The van der Waals surface area contributed by atoms with Crippen molar-refractivity contribution in [3.05, 3.63) is 0 Å². The average molecular weight is 118 g/mol. The normalized spacial score (nSPS) is 8.62. The zero-order valence-electron chi connectivity index (χ0n) is 4.69. The van der Waals surface area contributed by atoms with E-state index in [0.717, 1.165) is 0 Å². The van der Waals surface area contributed by atoms with Crippen molar-refractivity contribution in [2.75, 3.05) is 13.8 Å². The maximum Gasteiger partial charge on any atom is 0.210 e. The van der Waals surface area contributed by atoms with E-state index in [1.807, 2.05) is 0 Å². The largest absolute Gasteiger partial charge is 0.368 e. The van der Waals surface area contributed by atoms with Gasteiger partial charge in [0.2, 0.25) is 5.96 Å². The molecule has 0 saturated carbocycles. The van der Waals surface area contributed by atoms with Gasteiger partial charge in [0.05, 0.1) is 0 Å². The van der Waals surface area contributed by atoms with Crippen molar-refractivity contribution in [1.29, 1.82) is 5.41 Å². The molecule has 0 aromatic rings. The van der Waals surface area contributed by atoms with Crippen LogP contribution in [-0.4, -0.2) is 19.7 Å². The number of nitrogens with one attached hydrogen (secondary N) is 3. The van der Waals surface area contributed by atoms with E-state index in [-0.39, 0.29) is 5.96 Å². The maximum absolute atomic E-state index is 6.59. The highest BCUT2D eigenvalue weighted by Crippen LogP contribution is 1.55. The van der Waals surface area contributed by atoms with Crippen LogP contribution in [0.2, 0.25) is 0 Å². The van der Waals surface area contributed by atoms with Crippen LogP contribution in [0.3, 0.4) is 0 Å². The molecular formula is C3H10N4O. The number of nitrogens with two attached hydrogens (primary N) is 1. The van der Waals surface area contributed by atoms with Crippen LogP contribution in [-0.2, 0) is 4.84 Å². The standard InChI is InChI=1S/C3H10N4O/c1-6-2-8-7-3(4)5/h6H,2H2,1H3,(H4,4,5,7). The highest BCUT2D eigenvalue weighted by molar-refractivity contribution is 5.72. The van der Waals surface area contributed by atoms with E-state index in [1.165, 1.54) is 0 Å². The Morgan fingerprint density at radius 1 is 1.88 bits per heavy atom. The summed E-state index contributed by atoms with van der Waals surface area (Å²) >= 11 is 0. The molecule has 0 bridgehead atoms. The first-order valence-corrected chi connectivity index (χ1v) is 2.14. The second-order valence-corrected chi connectivity index (χ2v) is 1.16. The summed E-state index contributed by atoms with van der Waals surface area (Å²) in [7, 11) is 1.72. The van der Waals surface area contributed by atoms with Gasteiger partial charge in [0.25, 0.3) is 0 Å². The SMILES string of the molecule is CNCONC(=N)N. The first kappa shape index (κ1) is 7.19. The second kappa shape index (κ2) is 4.35. The zero-order valence-corrected chi connectivity index (χ0v) is 4.69. The first-order chi connectivity index (χ1) is 3.77. The Balaban J connectivity index is 2.82. The summed E-state index contributed by atoms with van der Waals surface area (Å²) in [5.74, 6) is -0.194. The number of hydrogen-bond donors (Lipinski definition) is 4. The lowest BCUT2D eigenvalue weighted by atomic mass is 11.1. The second-order valence-electron chi connectivity index (χ2n) is 1.16. The quantitative estimate of drug-likeness (QED) is 0.120. The van der Waals surface area contributed by atoms with E-state index in [2.05, 4.69) is 15.6 Å². The van der Waals surface area contributed by atoms with E-state index in [1.54, 1.807) is 7.05 Å². The van der Waals surface area contributed by atoms with Crippen LogP contribution in [0.4, 0.5) is 0 Å². The summed E-state index contributed by atoms with van der Waals surface area (Å²) in [6.45, 7) is 0.333. The molecule has 0 aliphatic rings. The van der Waals surface area contributed by atoms with Crippen molar-refractivity contribution >= 4 is 5.96 Å². The number of hydroxylamine groups is 1. The van der Waals surface area contributed by atoms with Crippen molar-refractivity contribution in [2.24, 2.45) is 5.73 Å². The van der Waals surface area contributed by atoms with Crippen LogP contribution in [0, 0.1) is 5.41 Å². The molecule has 0 aromatic carbocycles. The zero-order chi connectivity index (χ0) is 6.41. The molecule has 5 N–H and O–H groups in total. The molecule has 0 atom stereocenters. The summed E-state index contributed by atoms with van der Waals surface area (Å²) < 4.78 is 0. The molecule has 0 heterocycles. The predicted molar refractivity (Wildman–Crippen MR) is 30.1 cm³/mol. The number of hydrogen-bond acceptors (Lipinski definition) is 3. The molecule has 0 rings (SSSR count). The minimum atomic E-state index is -0.194. The van der Waals surface area contributed by atoms with Crippen molar-refractivity contribution in [3.8, 4) is 0 Å². The van der Waals surface area contributed by atoms with Gasteiger partial charge < -0.3 is 5.73 Å². The predicted octanol–water partition coefficient (Wildman–Crippen LogP) is -1.42. The summed E-state index contributed by atoms with van der Waals surface area (Å²) in [4.78, 5) is 4.53. The van der Waals surface area contributed by atoms with Gasteiger partial charge in [0.1, 0.15) is 6.73 Å². The summed E-state index contributed by atoms with van der Waals surface area (Å²) in [5, 5.41) is 9.27. The van der Waals surface area contributed by atoms with E-state index in [9.17, 15) is 0 Å². The molecule has 5 nitrogen and oxygen atoms in total. The third-order valence-corrected chi connectivity index (χ3v) is 0.399. The molecule has 48 valence electrons. The van der Waals surface area contributed by atoms with Crippen molar-refractivity contribution < 1.29 is 4.84 Å². The average Bonchev–Trinajstić information content (AvgIpc) is 1.66. The molecule has 0 spiro atoms. The fourth-order valence-electron chi connectivity index (χ4n) is 0.186. The Morgan fingerprint density at radius 2 is 2.50 bits per heavy atom. The minimum absolute atomic E-state index is 0.194. The number of guanidine groups is 1. The summed E-state index contributed by atoms with van der Waals surface area (Å²) in [5.41, 5.74) is 7.00.